The van der Waals surface area contributed by atoms with Crippen molar-refractivity contribution >= 4 is 29.3 Å². The molecule has 92 valence electrons. The molecule has 2 aromatic heterocycles. The molecule has 0 amide bonds. The summed E-state index contributed by atoms with van der Waals surface area (Å²) >= 11 is 6.10. The van der Waals surface area contributed by atoms with Gasteiger partial charge in [-0.2, -0.15) is 5.10 Å². The molecule has 0 aromatic carbocycles. The maximum atomic E-state index is 11.8. The van der Waals surface area contributed by atoms with Crippen molar-refractivity contribution in [2.75, 3.05) is 6.61 Å². The van der Waals surface area contributed by atoms with E-state index in [4.69, 9.17) is 16.3 Å². The first-order valence-corrected chi connectivity index (χ1v) is 6.00. The van der Waals surface area contributed by atoms with E-state index in [9.17, 15) is 4.79 Å². The van der Waals surface area contributed by atoms with E-state index in [1.54, 1.807) is 11.4 Å². The monoisotopic (exact) mass is 263 g/mol. The molecule has 2 heterocycles. The van der Waals surface area contributed by atoms with Gasteiger partial charge in [-0.3, -0.25) is 0 Å². The number of fused-ring (bicyclic) bond motifs is 3. The van der Waals surface area contributed by atoms with Gasteiger partial charge in [0.05, 0.1) is 18.5 Å². The molecular weight excluding hydrogens is 254 g/mol. The van der Waals surface area contributed by atoms with Gasteiger partial charge in [0.2, 0.25) is 0 Å². The van der Waals surface area contributed by atoms with Crippen LogP contribution in [0.3, 0.4) is 0 Å². The fourth-order valence-corrected chi connectivity index (χ4v) is 2.29. The van der Waals surface area contributed by atoms with Crippen LogP contribution in [0.4, 0.5) is 0 Å². The van der Waals surface area contributed by atoms with Crippen molar-refractivity contribution in [1.29, 1.82) is 0 Å². The van der Waals surface area contributed by atoms with Crippen LogP contribution in [0.5, 0.6) is 0 Å². The average molecular weight is 264 g/mol. The second kappa shape index (κ2) is 4.10. The maximum Gasteiger partial charge on any atom is 0.343 e. The maximum absolute atomic E-state index is 11.8. The molecule has 6 heteroatoms. The number of aromatic nitrogens is 3. The first kappa shape index (κ1) is 11.2. The molecule has 1 aliphatic rings. The SMILES string of the molecule is CCOC(=O)c1cnn2c3c(c(Cl)nc12)C=CC3. The van der Waals surface area contributed by atoms with Crippen LogP contribution in [-0.4, -0.2) is 27.2 Å². The van der Waals surface area contributed by atoms with E-state index in [1.165, 1.54) is 6.20 Å². The van der Waals surface area contributed by atoms with Crippen LogP contribution in [-0.2, 0) is 11.2 Å². The lowest BCUT2D eigenvalue weighted by Gasteiger charge is -2.05. The smallest absolute Gasteiger partial charge is 0.343 e. The van der Waals surface area contributed by atoms with Crippen LogP contribution < -0.4 is 0 Å². The molecule has 0 N–H and O–H groups in total. The molecule has 0 atom stereocenters. The van der Waals surface area contributed by atoms with Gasteiger partial charge in [-0.15, -0.1) is 0 Å². The predicted octanol–water partition coefficient (Wildman–Crippen LogP) is 2.13. The molecule has 0 saturated heterocycles. The van der Waals surface area contributed by atoms with Gasteiger partial charge in [-0.25, -0.2) is 14.3 Å². The fourth-order valence-electron chi connectivity index (χ4n) is 2.04. The molecule has 0 fully saturated rings. The predicted molar refractivity (Wildman–Crippen MR) is 66.7 cm³/mol. The summed E-state index contributed by atoms with van der Waals surface area (Å²) in [6, 6.07) is 0. The Balaban J connectivity index is 2.22. The lowest BCUT2D eigenvalue weighted by Crippen LogP contribution is -2.06. The van der Waals surface area contributed by atoms with Crippen LogP contribution in [0.1, 0.15) is 28.5 Å². The van der Waals surface area contributed by atoms with Crippen molar-refractivity contribution in [3.8, 4) is 0 Å². The van der Waals surface area contributed by atoms with Gasteiger partial charge >= 0.3 is 5.97 Å². The Bertz CT molecular complexity index is 676. The van der Waals surface area contributed by atoms with Crippen molar-refractivity contribution in [1.82, 2.24) is 14.6 Å². The molecule has 18 heavy (non-hydrogen) atoms. The number of rotatable bonds is 2. The van der Waals surface area contributed by atoms with Crippen LogP contribution in [0.2, 0.25) is 5.15 Å². The molecule has 2 aromatic rings. The van der Waals surface area contributed by atoms with Gasteiger partial charge in [0.25, 0.3) is 0 Å². The molecule has 0 bridgehead atoms. The summed E-state index contributed by atoms with van der Waals surface area (Å²) < 4.78 is 6.61. The van der Waals surface area contributed by atoms with E-state index in [0.717, 1.165) is 17.7 Å². The summed E-state index contributed by atoms with van der Waals surface area (Å²) in [5.74, 6) is -0.429. The largest absolute Gasteiger partial charge is 0.462 e. The lowest BCUT2D eigenvalue weighted by molar-refractivity contribution is 0.0528. The molecule has 3 rings (SSSR count). The molecule has 0 aliphatic heterocycles. The number of nitrogens with zero attached hydrogens (tertiary/aromatic N) is 3. The normalized spacial score (nSPS) is 13.0. The van der Waals surface area contributed by atoms with Crippen LogP contribution in [0.15, 0.2) is 12.3 Å². The Morgan fingerprint density at radius 1 is 1.61 bits per heavy atom. The number of hydrogen-bond donors (Lipinski definition) is 0. The molecule has 0 saturated carbocycles. The summed E-state index contributed by atoms with van der Waals surface area (Å²) in [5.41, 5.74) is 2.59. The average Bonchev–Trinajstić information content (AvgIpc) is 2.94. The molecule has 1 aliphatic carbocycles. The Kier molecular flexibility index (Phi) is 2.56. The minimum absolute atomic E-state index is 0.316. The zero-order valence-corrected chi connectivity index (χ0v) is 10.4. The van der Waals surface area contributed by atoms with Crippen molar-refractivity contribution in [3.63, 3.8) is 0 Å². The van der Waals surface area contributed by atoms with E-state index in [2.05, 4.69) is 10.1 Å². The van der Waals surface area contributed by atoms with Gasteiger partial charge in [0.15, 0.2) is 5.65 Å². The van der Waals surface area contributed by atoms with Crippen molar-refractivity contribution in [2.45, 2.75) is 13.3 Å². The summed E-state index contributed by atoms with van der Waals surface area (Å²) in [5, 5.41) is 4.58. The van der Waals surface area contributed by atoms with Crippen LogP contribution in [0, 0.1) is 0 Å². The third kappa shape index (κ3) is 1.51. The Hall–Kier alpha value is -1.88. The third-order valence-electron chi connectivity index (χ3n) is 2.83. The van der Waals surface area contributed by atoms with Crippen molar-refractivity contribution < 1.29 is 9.53 Å². The first-order valence-electron chi connectivity index (χ1n) is 5.62. The number of carbonyl (C=O) groups is 1. The van der Waals surface area contributed by atoms with Gasteiger partial charge < -0.3 is 4.74 Å². The third-order valence-corrected chi connectivity index (χ3v) is 3.12. The second-order valence-electron chi connectivity index (χ2n) is 3.88. The minimum atomic E-state index is -0.429. The molecule has 5 nitrogen and oxygen atoms in total. The number of esters is 1. The standard InChI is InChI=1S/C12H10ClN3O2/c1-2-18-12(17)8-6-14-16-9-5-3-4-7(9)10(13)15-11(8)16/h3-4,6H,2,5H2,1H3. The van der Waals surface area contributed by atoms with E-state index < -0.39 is 5.97 Å². The van der Waals surface area contributed by atoms with Crippen LogP contribution in [0.25, 0.3) is 11.7 Å². The highest BCUT2D eigenvalue weighted by molar-refractivity contribution is 6.31. The van der Waals surface area contributed by atoms with E-state index in [1.807, 2.05) is 12.2 Å². The number of allylic oxidation sites excluding steroid dienone is 1. The highest BCUT2D eigenvalue weighted by Crippen LogP contribution is 2.27. The van der Waals surface area contributed by atoms with Crippen molar-refractivity contribution in [2.24, 2.45) is 0 Å². The van der Waals surface area contributed by atoms with Gasteiger partial charge in [-0.05, 0) is 6.92 Å². The highest BCUT2D eigenvalue weighted by Gasteiger charge is 2.21. The Morgan fingerprint density at radius 2 is 2.44 bits per heavy atom. The minimum Gasteiger partial charge on any atom is -0.462 e. The Morgan fingerprint density at radius 3 is 3.22 bits per heavy atom. The van der Waals surface area contributed by atoms with E-state index >= 15 is 0 Å². The topological polar surface area (TPSA) is 56.5 Å². The molecule has 0 unspecified atom stereocenters. The second-order valence-corrected chi connectivity index (χ2v) is 4.24. The van der Waals surface area contributed by atoms with Gasteiger partial charge in [0.1, 0.15) is 10.7 Å². The van der Waals surface area contributed by atoms with Crippen LogP contribution >= 0.6 is 11.6 Å². The highest BCUT2D eigenvalue weighted by atomic mass is 35.5. The number of ether oxygens (including phenoxy) is 1. The van der Waals surface area contributed by atoms with E-state index in [0.29, 0.717) is 23.0 Å². The number of carbonyl (C=O) groups excluding carboxylic acids is 1. The molecular formula is C12H10ClN3O2. The Labute approximate surface area is 108 Å². The number of hydrogen-bond acceptors (Lipinski definition) is 4. The first-order chi connectivity index (χ1) is 8.72. The lowest BCUT2D eigenvalue weighted by atomic mass is 10.2. The zero-order chi connectivity index (χ0) is 12.7. The molecule has 0 radical (unpaired) electrons. The molecule has 0 spiro atoms. The zero-order valence-electron chi connectivity index (χ0n) is 9.68. The van der Waals surface area contributed by atoms with Crippen molar-refractivity contribution in [3.05, 3.63) is 34.2 Å². The van der Waals surface area contributed by atoms with E-state index in [-0.39, 0.29) is 0 Å². The van der Waals surface area contributed by atoms with Gasteiger partial charge in [0, 0.05) is 12.0 Å². The summed E-state index contributed by atoms with van der Waals surface area (Å²) in [6.07, 6.45) is 6.10. The number of halogens is 1. The van der Waals surface area contributed by atoms with Gasteiger partial charge in [-0.1, -0.05) is 23.8 Å². The summed E-state index contributed by atoms with van der Waals surface area (Å²) in [6.45, 7) is 2.07. The summed E-state index contributed by atoms with van der Waals surface area (Å²) in [4.78, 5) is 16.0. The fraction of sp³-hybridized carbons (Fsp3) is 0.250. The quantitative estimate of drug-likeness (QED) is 0.615. The summed E-state index contributed by atoms with van der Waals surface area (Å²) in [7, 11) is 0.